The van der Waals surface area contributed by atoms with Gasteiger partial charge in [0.05, 0.1) is 6.04 Å². The molecule has 0 bridgehead atoms. The first-order valence-electron chi connectivity index (χ1n) is 6.80. The van der Waals surface area contributed by atoms with Gasteiger partial charge in [-0.1, -0.05) is 42.5 Å². The molecule has 0 saturated heterocycles. The molecule has 1 atom stereocenters. The van der Waals surface area contributed by atoms with E-state index in [1.54, 1.807) is 0 Å². The molecule has 2 aromatic heterocycles. The monoisotopic (exact) mass is 298 g/mol. The Morgan fingerprint density at radius 1 is 1.32 bits per heavy atom. The van der Waals surface area contributed by atoms with Gasteiger partial charge in [-0.05, 0) is 12.0 Å². The number of primary amides is 1. The topological polar surface area (TPSA) is 108 Å². The van der Waals surface area contributed by atoms with Crippen molar-refractivity contribution >= 4 is 11.6 Å². The summed E-state index contributed by atoms with van der Waals surface area (Å²) in [5, 5.41) is 7.88. The number of hydrogen-bond donors (Lipinski definition) is 1. The van der Waals surface area contributed by atoms with Crippen LogP contribution in [0.5, 0.6) is 0 Å². The highest BCUT2D eigenvalue weighted by molar-refractivity contribution is 5.96. The minimum absolute atomic E-state index is 0.0653. The Hall–Kier alpha value is -3.03. The van der Waals surface area contributed by atoms with Crippen molar-refractivity contribution in [2.45, 2.75) is 19.4 Å². The molecule has 0 spiro atoms. The third kappa shape index (κ3) is 2.14. The quantitative estimate of drug-likeness (QED) is 0.749. The van der Waals surface area contributed by atoms with E-state index >= 15 is 0 Å². The summed E-state index contributed by atoms with van der Waals surface area (Å²) in [5.74, 6) is -0.746. The van der Waals surface area contributed by atoms with Crippen molar-refractivity contribution in [2.24, 2.45) is 5.73 Å². The van der Waals surface area contributed by atoms with Gasteiger partial charge in [-0.25, -0.2) is 14.2 Å². The van der Waals surface area contributed by atoms with E-state index in [1.165, 1.54) is 15.4 Å². The van der Waals surface area contributed by atoms with Gasteiger partial charge in [0, 0.05) is 0 Å². The number of hydrogen-bond acceptors (Lipinski definition) is 5. The number of fused-ring (bicyclic) bond motifs is 1. The zero-order chi connectivity index (χ0) is 15.7. The van der Waals surface area contributed by atoms with Crippen molar-refractivity contribution in [1.29, 1.82) is 0 Å². The summed E-state index contributed by atoms with van der Waals surface area (Å²) in [6.45, 7) is 1.96. The molecule has 0 radical (unpaired) electrons. The molecule has 3 rings (SSSR count). The van der Waals surface area contributed by atoms with Crippen LogP contribution in [0, 0.1) is 0 Å². The van der Waals surface area contributed by atoms with E-state index in [9.17, 15) is 9.59 Å². The lowest BCUT2D eigenvalue weighted by atomic mass is 10.1. The fourth-order valence-corrected chi connectivity index (χ4v) is 2.41. The number of imidazole rings is 1. The van der Waals surface area contributed by atoms with Crippen LogP contribution in [-0.2, 0) is 0 Å². The lowest BCUT2D eigenvalue weighted by Gasteiger charge is -2.16. The Kier molecular flexibility index (Phi) is 3.42. The van der Waals surface area contributed by atoms with Crippen LogP contribution in [0.25, 0.3) is 5.65 Å². The fraction of sp³-hybridized carbons (Fsp3) is 0.214. The molecular weight excluding hydrogens is 284 g/mol. The maximum Gasteiger partial charge on any atom is 0.353 e. The third-order valence-corrected chi connectivity index (χ3v) is 3.48. The van der Waals surface area contributed by atoms with Gasteiger partial charge in [0.15, 0.2) is 11.3 Å². The molecule has 0 aliphatic heterocycles. The molecule has 0 fully saturated rings. The standard InChI is InChI=1S/C14H14N6O2/c1-2-10(9-6-4-3-5-7-9)20-14(22)19-8-16-11(12(15)21)13(19)17-18-20/h3-8,10H,2H2,1H3,(H2,15,21). The van der Waals surface area contributed by atoms with Crippen molar-refractivity contribution in [3.63, 3.8) is 0 Å². The van der Waals surface area contributed by atoms with Gasteiger partial charge in [0.1, 0.15) is 6.33 Å². The van der Waals surface area contributed by atoms with Gasteiger partial charge in [0.25, 0.3) is 5.91 Å². The van der Waals surface area contributed by atoms with Crippen molar-refractivity contribution in [3.05, 3.63) is 58.4 Å². The summed E-state index contributed by atoms with van der Waals surface area (Å²) in [6.07, 6.45) is 1.90. The van der Waals surface area contributed by atoms with Gasteiger partial charge in [-0.15, -0.1) is 5.10 Å². The molecule has 3 aromatic rings. The number of aromatic nitrogens is 5. The molecule has 112 valence electrons. The van der Waals surface area contributed by atoms with Gasteiger partial charge in [-0.3, -0.25) is 4.79 Å². The molecule has 1 amide bonds. The largest absolute Gasteiger partial charge is 0.364 e. The molecule has 0 aliphatic carbocycles. The SMILES string of the molecule is CCC(c1ccccc1)n1nnc2c(C(N)=O)ncn2c1=O. The Morgan fingerprint density at radius 3 is 2.68 bits per heavy atom. The van der Waals surface area contributed by atoms with Gasteiger partial charge in [-0.2, -0.15) is 4.68 Å². The van der Waals surface area contributed by atoms with Crippen LogP contribution in [0.2, 0.25) is 0 Å². The molecule has 0 aliphatic rings. The van der Waals surface area contributed by atoms with Gasteiger partial charge < -0.3 is 5.73 Å². The lowest BCUT2D eigenvalue weighted by molar-refractivity contribution is 0.0997. The smallest absolute Gasteiger partial charge is 0.353 e. The van der Waals surface area contributed by atoms with Crippen molar-refractivity contribution in [1.82, 2.24) is 24.4 Å². The normalized spacial score (nSPS) is 12.4. The summed E-state index contributed by atoms with van der Waals surface area (Å²) in [7, 11) is 0. The van der Waals surface area contributed by atoms with E-state index in [-0.39, 0.29) is 17.4 Å². The Bertz CT molecular complexity index is 883. The van der Waals surface area contributed by atoms with Crippen molar-refractivity contribution in [3.8, 4) is 0 Å². The maximum absolute atomic E-state index is 12.6. The molecular formula is C14H14N6O2. The lowest BCUT2D eigenvalue weighted by Crippen LogP contribution is -2.33. The second kappa shape index (κ2) is 5.40. The van der Waals surface area contributed by atoms with E-state index in [1.807, 2.05) is 37.3 Å². The fourth-order valence-electron chi connectivity index (χ4n) is 2.41. The van der Waals surface area contributed by atoms with Crippen LogP contribution in [0.15, 0.2) is 41.5 Å². The average Bonchev–Trinajstić information content (AvgIpc) is 2.96. The molecule has 2 heterocycles. The molecule has 1 unspecified atom stereocenters. The summed E-state index contributed by atoms with van der Waals surface area (Å²) in [5.41, 5.74) is 5.74. The van der Waals surface area contributed by atoms with Gasteiger partial charge >= 0.3 is 5.69 Å². The van der Waals surface area contributed by atoms with E-state index in [4.69, 9.17) is 5.73 Å². The summed E-state index contributed by atoms with van der Waals surface area (Å²) < 4.78 is 2.47. The molecule has 8 heteroatoms. The highest BCUT2D eigenvalue weighted by Crippen LogP contribution is 2.18. The Labute approximate surface area is 125 Å². The highest BCUT2D eigenvalue weighted by Gasteiger charge is 2.19. The average molecular weight is 298 g/mol. The van der Waals surface area contributed by atoms with E-state index in [0.29, 0.717) is 6.42 Å². The van der Waals surface area contributed by atoms with Crippen LogP contribution < -0.4 is 11.4 Å². The predicted molar refractivity (Wildman–Crippen MR) is 78.4 cm³/mol. The highest BCUT2D eigenvalue weighted by atomic mass is 16.2. The minimum Gasteiger partial charge on any atom is -0.364 e. The number of carbonyl (C=O) groups excluding carboxylic acids is 1. The van der Waals surface area contributed by atoms with Crippen LogP contribution in [-0.4, -0.2) is 30.3 Å². The Morgan fingerprint density at radius 2 is 2.05 bits per heavy atom. The molecule has 22 heavy (non-hydrogen) atoms. The first kappa shape index (κ1) is 13.9. The summed E-state index contributed by atoms with van der Waals surface area (Å²) in [4.78, 5) is 27.7. The number of amides is 1. The second-order valence-electron chi connectivity index (χ2n) is 4.80. The molecule has 8 nitrogen and oxygen atoms in total. The molecule has 1 aromatic carbocycles. The summed E-state index contributed by atoms with van der Waals surface area (Å²) in [6, 6.07) is 9.31. The van der Waals surface area contributed by atoms with Crippen LogP contribution in [0.3, 0.4) is 0 Å². The van der Waals surface area contributed by atoms with Crippen LogP contribution in [0.4, 0.5) is 0 Å². The first-order valence-corrected chi connectivity index (χ1v) is 6.80. The molecule has 0 saturated carbocycles. The molecule has 2 N–H and O–H groups in total. The number of nitrogens with two attached hydrogens (primary N) is 1. The number of nitrogens with zero attached hydrogens (tertiary/aromatic N) is 5. The first-order chi connectivity index (χ1) is 10.6. The van der Waals surface area contributed by atoms with Gasteiger partial charge in [0.2, 0.25) is 0 Å². The van der Waals surface area contributed by atoms with E-state index in [0.717, 1.165) is 5.56 Å². The zero-order valence-corrected chi connectivity index (χ0v) is 11.9. The maximum atomic E-state index is 12.6. The third-order valence-electron chi connectivity index (χ3n) is 3.48. The van der Waals surface area contributed by atoms with Crippen molar-refractivity contribution < 1.29 is 4.79 Å². The predicted octanol–water partition coefficient (Wildman–Crippen LogP) is 0.384. The minimum atomic E-state index is -0.746. The number of rotatable bonds is 4. The van der Waals surface area contributed by atoms with E-state index in [2.05, 4.69) is 15.3 Å². The Balaban J connectivity index is 2.18. The summed E-state index contributed by atoms with van der Waals surface area (Å²) >= 11 is 0. The van der Waals surface area contributed by atoms with Crippen molar-refractivity contribution in [2.75, 3.05) is 0 Å². The zero-order valence-electron chi connectivity index (χ0n) is 11.9. The van der Waals surface area contributed by atoms with E-state index < -0.39 is 11.6 Å². The second-order valence-corrected chi connectivity index (χ2v) is 4.80. The number of benzene rings is 1. The van der Waals surface area contributed by atoms with Crippen LogP contribution in [0.1, 0.15) is 35.4 Å². The van der Waals surface area contributed by atoms with Crippen LogP contribution >= 0.6 is 0 Å². The number of carbonyl (C=O) groups is 1.